The van der Waals surface area contributed by atoms with Crippen molar-refractivity contribution in [2.45, 2.75) is 50.7 Å². The van der Waals surface area contributed by atoms with Crippen LogP contribution < -0.4 is 15.1 Å². The van der Waals surface area contributed by atoms with Crippen LogP contribution in [0.1, 0.15) is 44.8 Å². The van der Waals surface area contributed by atoms with E-state index in [-0.39, 0.29) is 11.7 Å². The molecule has 3 aromatic rings. The SMILES string of the molecule is CC1CCN(c2nnc(SCC(=O)Nc3ccc(N4CCCCC4)nc3)n2Cc2ccco2)CC1. The minimum absolute atomic E-state index is 0.0941. The average molecular weight is 496 g/mol. The number of pyridine rings is 1. The Kier molecular flexibility index (Phi) is 7.56. The highest BCUT2D eigenvalue weighted by atomic mass is 32.2. The number of anilines is 3. The first-order valence-corrected chi connectivity index (χ1v) is 13.5. The van der Waals surface area contributed by atoms with Crippen LogP contribution in [0.5, 0.6) is 0 Å². The number of hydrogen-bond donors (Lipinski definition) is 1. The number of nitrogens with zero attached hydrogens (tertiary/aromatic N) is 6. The van der Waals surface area contributed by atoms with Crippen molar-refractivity contribution in [1.82, 2.24) is 19.7 Å². The molecule has 3 aromatic heterocycles. The Hall–Kier alpha value is -3.01. The first kappa shape index (κ1) is 23.7. The molecule has 1 amide bonds. The van der Waals surface area contributed by atoms with Gasteiger partial charge in [-0.15, -0.1) is 10.2 Å². The van der Waals surface area contributed by atoms with E-state index in [1.54, 1.807) is 12.5 Å². The zero-order valence-electron chi connectivity index (χ0n) is 20.2. The third-order valence-corrected chi connectivity index (χ3v) is 7.67. The van der Waals surface area contributed by atoms with E-state index < -0.39 is 0 Å². The lowest BCUT2D eigenvalue weighted by molar-refractivity contribution is -0.113. The Morgan fingerprint density at radius 3 is 2.63 bits per heavy atom. The summed E-state index contributed by atoms with van der Waals surface area (Å²) in [4.78, 5) is 21.8. The van der Waals surface area contributed by atoms with Gasteiger partial charge >= 0.3 is 0 Å². The number of carbonyl (C=O) groups excluding carboxylic acids is 1. The van der Waals surface area contributed by atoms with Crippen LogP contribution in [0.4, 0.5) is 17.5 Å². The molecule has 0 atom stereocenters. The van der Waals surface area contributed by atoms with Gasteiger partial charge in [0, 0.05) is 26.2 Å². The van der Waals surface area contributed by atoms with Gasteiger partial charge in [-0.3, -0.25) is 9.36 Å². The molecule has 10 heteroatoms. The first-order valence-electron chi connectivity index (χ1n) is 12.5. The molecule has 1 N–H and O–H groups in total. The van der Waals surface area contributed by atoms with E-state index in [9.17, 15) is 4.79 Å². The van der Waals surface area contributed by atoms with E-state index in [0.29, 0.717) is 17.4 Å². The highest BCUT2D eigenvalue weighted by molar-refractivity contribution is 7.99. The molecule has 0 bridgehead atoms. The maximum Gasteiger partial charge on any atom is 0.234 e. The smallest absolute Gasteiger partial charge is 0.234 e. The summed E-state index contributed by atoms with van der Waals surface area (Å²) in [6.07, 6.45) is 9.40. The predicted molar refractivity (Wildman–Crippen MR) is 138 cm³/mol. The standard InChI is InChI=1S/C25H33N7O2S/c1-19-9-13-31(14-10-19)24-28-29-25(32(24)17-21-6-5-15-34-21)35-18-23(33)27-20-7-8-22(26-16-20)30-11-3-2-4-12-30/h5-8,15-16,19H,2-4,9-14,17-18H2,1H3,(H,27,33). The molecule has 0 unspecified atom stereocenters. The van der Waals surface area contributed by atoms with Crippen molar-refractivity contribution in [3.05, 3.63) is 42.5 Å². The topological polar surface area (TPSA) is 92.3 Å². The van der Waals surface area contributed by atoms with Crippen molar-refractivity contribution in [3.63, 3.8) is 0 Å². The van der Waals surface area contributed by atoms with Crippen molar-refractivity contribution in [2.75, 3.05) is 47.0 Å². The molecule has 5 rings (SSSR count). The summed E-state index contributed by atoms with van der Waals surface area (Å²) in [7, 11) is 0. The molecule has 0 aromatic carbocycles. The molecule has 35 heavy (non-hydrogen) atoms. The number of nitrogens with one attached hydrogen (secondary N) is 1. The molecule has 2 aliphatic heterocycles. The van der Waals surface area contributed by atoms with Gasteiger partial charge in [-0.05, 0) is 62.3 Å². The van der Waals surface area contributed by atoms with Crippen LogP contribution in [0.25, 0.3) is 0 Å². The summed E-state index contributed by atoms with van der Waals surface area (Å²) in [5, 5.41) is 12.6. The third kappa shape index (κ3) is 5.98. The van der Waals surface area contributed by atoms with Crippen molar-refractivity contribution >= 4 is 35.1 Å². The van der Waals surface area contributed by atoms with E-state index >= 15 is 0 Å². The molecule has 186 valence electrons. The lowest BCUT2D eigenvalue weighted by Gasteiger charge is -2.31. The van der Waals surface area contributed by atoms with E-state index in [1.165, 1.54) is 31.0 Å². The fourth-order valence-electron chi connectivity index (χ4n) is 4.62. The van der Waals surface area contributed by atoms with E-state index in [1.807, 2.05) is 24.3 Å². The van der Waals surface area contributed by atoms with Crippen LogP contribution in [0.3, 0.4) is 0 Å². The zero-order chi connectivity index (χ0) is 24.0. The number of piperidine rings is 2. The van der Waals surface area contributed by atoms with Gasteiger partial charge in [-0.2, -0.15) is 0 Å². The normalized spacial score (nSPS) is 17.1. The first-order chi connectivity index (χ1) is 17.2. The average Bonchev–Trinajstić information content (AvgIpc) is 3.55. The summed E-state index contributed by atoms with van der Waals surface area (Å²) in [5.74, 6) is 3.53. The van der Waals surface area contributed by atoms with Gasteiger partial charge in [0.25, 0.3) is 0 Å². The molecule has 2 aliphatic rings. The predicted octanol–water partition coefficient (Wildman–Crippen LogP) is 4.27. The van der Waals surface area contributed by atoms with Gasteiger partial charge in [-0.25, -0.2) is 4.98 Å². The quantitative estimate of drug-likeness (QED) is 0.463. The summed E-state index contributed by atoms with van der Waals surface area (Å²) in [6.45, 7) is 6.85. The van der Waals surface area contributed by atoms with Crippen LogP contribution in [-0.4, -0.2) is 57.6 Å². The maximum atomic E-state index is 12.7. The lowest BCUT2D eigenvalue weighted by atomic mass is 10.00. The molecular formula is C25H33N7O2S. The van der Waals surface area contributed by atoms with E-state index in [2.05, 4.69) is 41.8 Å². The molecular weight excluding hydrogens is 462 g/mol. The van der Waals surface area contributed by atoms with Crippen LogP contribution in [-0.2, 0) is 11.3 Å². The largest absolute Gasteiger partial charge is 0.467 e. The van der Waals surface area contributed by atoms with Crippen molar-refractivity contribution in [3.8, 4) is 0 Å². The third-order valence-electron chi connectivity index (χ3n) is 6.70. The van der Waals surface area contributed by atoms with Crippen molar-refractivity contribution in [2.24, 2.45) is 5.92 Å². The monoisotopic (exact) mass is 495 g/mol. The Bertz CT molecular complexity index is 1090. The number of furan rings is 1. The van der Waals surface area contributed by atoms with Crippen molar-refractivity contribution in [1.29, 1.82) is 0 Å². The maximum absolute atomic E-state index is 12.7. The molecule has 2 fully saturated rings. The minimum atomic E-state index is -0.0941. The van der Waals surface area contributed by atoms with Crippen LogP contribution in [0.15, 0.2) is 46.3 Å². The van der Waals surface area contributed by atoms with E-state index in [4.69, 9.17) is 4.42 Å². The minimum Gasteiger partial charge on any atom is -0.467 e. The number of amides is 1. The number of thioether (sulfide) groups is 1. The second-order valence-electron chi connectivity index (χ2n) is 9.41. The summed E-state index contributed by atoms with van der Waals surface area (Å²) in [6, 6.07) is 7.74. The van der Waals surface area contributed by atoms with Gasteiger partial charge < -0.3 is 19.5 Å². The van der Waals surface area contributed by atoms with E-state index in [0.717, 1.165) is 62.5 Å². The molecule has 0 spiro atoms. The second-order valence-corrected chi connectivity index (χ2v) is 10.3. The highest BCUT2D eigenvalue weighted by Crippen LogP contribution is 2.27. The Balaban J connectivity index is 1.22. The van der Waals surface area contributed by atoms with Crippen LogP contribution in [0.2, 0.25) is 0 Å². The molecule has 0 aliphatic carbocycles. The number of hydrogen-bond acceptors (Lipinski definition) is 8. The van der Waals surface area contributed by atoms with Crippen LogP contribution in [0, 0.1) is 5.92 Å². The molecule has 2 saturated heterocycles. The Morgan fingerprint density at radius 1 is 1.09 bits per heavy atom. The number of rotatable bonds is 8. The van der Waals surface area contributed by atoms with Crippen LogP contribution >= 0.6 is 11.8 Å². The fourth-order valence-corrected chi connectivity index (χ4v) is 5.36. The summed E-state index contributed by atoms with van der Waals surface area (Å²) in [5.41, 5.74) is 0.705. The van der Waals surface area contributed by atoms with Crippen molar-refractivity contribution < 1.29 is 9.21 Å². The molecule has 0 radical (unpaired) electrons. The molecule has 9 nitrogen and oxygen atoms in total. The van der Waals surface area contributed by atoms with Gasteiger partial charge in [-0.1, -0.05) is 18.7 Å². The van der Waals surface area contributed by atoms with Gasteiger partial charge in [0.15, 0.2) is 5.16 Å². The molecule has 5 heterocycles. The van der Waals surface area contributed by atoms with Gasteiger partial charge in [0.2, 0.25) is 11.9 Å². The highest BCUT2D eigenvalue weighted by Gasteiger charge is 2.24. The summed E-state index contributed by atoms with van der Waals surface area (Å²) < 4.78 is 7.64. The Labute approximate surface area is 210 Å². The lowest BCUT2D eigenvalue weighted by Crippen LogP contribution is -2.35. The second kappa shape index (κ2) is 11.2. The fraction of sp³-hybridized carbons (Fsp3) is 0.520. The van der Waals surface area contributed by atoms with Gasteiger partial charge in [0.1, 0.15) is 11.6 Å². The summed E-state index contributed by atoms with van der Waals surface area (Å²) >= 11 is 1.39. The molecule has 0 saturated carbocycles. The number of carbonyl (C=O) groups is 1. The zero-order valence-corrected chi connectivity index (χ0v) is 21.0. The number of aromatic nitrogens is 4. The van der Waals surface area contributed by atoms with Gasteiger partial charge in [0.05, 0.1) is 30.4 Å². The Morgan fingerprint density at radius 2 is 1.91 bits per heavy atom.